The van der Waals surface area contributed by atoms with E-state index in [0.717, 1.165) is 0 Å². The molecule has 3 N–H and O–H groups in total. The van der Waals surface area contributed by atoms with Crippen LogP contribution in [-0.2, 0) is 0 Å². The Balaban J connectivity index is 2.49. The van der Waals surface area contributed by atoms with Crippen LogP contribution in [0.5, 0.6) is 11.5 Å². The van der Waals surface area contributed by atoms with Crippen molar-refractivity contribution in [2.24, 2.45) is 10.9 Å². The van der Waals surface area contributed by atoms with Gasteiger partial charge in [0.15, 0.2) is 5.84 Å². The number of hydrogen-bond donors (Lipinski definition) is 2. The summed E-state index contributed by atoms with van der Waals surface area (Å²) in [4.78, 5) is 0. The molecule has 0 bridgehead atoms. The summed E-state index contributed by atoms with van der Waals surface area (Å²) >= 11 is 15.3. The molecule has 0 amide bonds. The minimum Gasteiger partial charge on any atom is -0.455 e. The van der Waals surface area contributed by atoms with E-state index in [2.05, 4.69) is 21.1 Å². The lowest BCUT2D eigenvalue weighted by Crippen LogP contribution is -2.15. The van der Waals surface area contributed by atoms with Crippen LogP contribution in [0.3, 0.4) is 0 Å². The smallest absolute Gasteiger partial charge is 0.175 e. The molecule has 0 aliphatic rings. The molecule has 0 atom stereocenters. The maximum atomic E-state index is 8.84. The summed E-state index contributed by atoms with van der Waals surface area (Å²) in [5, 5.41) is 12.7. The minimum absolute atomic E-state index is 0.0781. The normalized spacial score (nSPS) is 11.4. The van der Waals surface area contributed by atoms with Gasteiger partial charge >= 0.3 is 0 Å². The first-order valence-corrected chi connectivity index (χ1v) is 6.97. The maximum Gasteiger partial charge on any atom is 0.175 e. The number of amidine groups is 1. The predicted octanol–water partition coefficient (Wildman–Crippen LogP) is 4.64. The fourth-order valence-corrected chi connectivity index (χ4v) is 2.43. The number of ether oxygens (including phenoxy) is 1. The van der Waals surface area contributed by atoms with Gasteiger partial charge in [-0.25, -0.2) is 0 Å². The standard InChI is InChI=1S/C13H9BrCl2N2O2/c14-8-2-1-3-10(12(8)13(17)18-19)20-11-6-7(15)4-5-9(11)16/h1-6,19H,(H2,17,18). The third-order valence-electron chi connectivity index (χ3n) is 2.45. The van der Waals surface area contributed by atoms with Crippen LogP contribution in [0, 0.1) is 0 Å². The Bertz CT molecular complexity index is 677. The Morgan fingerprint density at radius 1 is 1.20 bits per heavy atom. The lowest BCUT2D eigenvalue weighted by Gasteiger charge is -2.13. The quantitative estimate of drug-likeness (QED) is 0.355. The molecule has 2 aromatic carbocycles. The number of oxime groups is 1. The highest BCUT2D eigenvalue weighted by Crippen LogP contribution is 2.35. The van der Waals surface area contributed by atoms with E-state index in [1.807, 2.05) is 0 Å². The van der Waals surface area contributed by atoms with E-state index in [9.17, 15) is 0 Å². The van der Waals surface area contributed by atoms with Gasteiger partial charge in [0.1, 0.15) is 11.5 Å². The first-order valence-electron chi connectivity index (χ1n) is 5.42. The average Bonchev–Trinajstić information content (AvgIpc) is 2.42. The van der Waals surface area contributed by atoms with Crippen molar-refractivity contribution in [1.29, 1.82) is 0 Å². The summed E-state index contributed by atoms with van der Waals surface area (Å²) in [6.45, 7) is 0. The van der Waals surface area contributed by atoms with Crippen molar-refractivity contribution in [2.75, 3.05) is 0 Å². The van der Waals surface area contributed by atoms with Crippen LogP contribution in [0.4, 0.5) is 0 Å². The Morgan fingerprint density at radius 2 is 1.95 bits per heavy atom. The molecule has 2 rings (SSSR count). The molecule has 0 aliphatic heterocycles. The predicted molar refractivity (Wildman–Crippen MR) is 83.2 cm³/mol. The molecule has 0 spiro atoms. The highest BCUT2D eigenvalue weighted by molar-refractivity contribution is 9.10. The first kappa shape index (κ1) is 15.0. The molecular weight excluding hydrogens is 367 g/mol. The van der Waals surface area contributed by atoms with E-state index < -0.39 is 0 Å². The van der Waals surface area contributed by atoms with Crippen LogP contribution in [0.2, 0.25) is 10.0 Å². The highest BCUT2D eigenvalue weighted by Gasteiger charge is 2.14. The van der Waals surface area contributed by atoms with Gasteiger partial charge in [-0.1, -0.05) is 34.4 Å². The maximum absolute atomic E-state index is 8.84. The molecule has 20 heavy (non-hydrogen) atoms. The van der Waals surface area contributed by atoms with Crippen molar-refractivity contribution < 1.29 is 9.94 Å². The van der Waals surface area contributed by atoms with Gasteiger partial charge in [0, 0.05) is 15.6 Å². The number of nitrogens with two attached hydrogens (primary N) is 1. The van der Waals surface area contributed by atoms with Gasteiger partial charge in [-0.3, -0.25) is 0 Å². The molecule has 2 aromatic rings. The minimum atomic E-state index is -0.0781. The summed E-state index contributed by atoms with van der Waals surface area (Å²) in [6.07, 6.45) is 0. The fourth-order valence-electron chi connectivity index (χ4n) is 1.56. The summed E-state index contributed by atoms with van der Waals surface area (Å²) in [5.74, 6) is 0.689. The van der Waals surface area contributed by atoms with Crippen molar-refractivity contribution in [2.45, 2.75) is 0 Å². The topological polar surface area (TPSA) is 67.8 Å². The lowest BCUT2D eigenvalue weighted by molar-refractivity contribution is 0.318. The van der Waals surface area contributed by atoms with E-state index in [0.29, 0.717) is 31.6 Å². The van der Waals surface area contributed by atoms with E-state index >= 15 is 0 Å². The van der Waals surface area contributed by atoms with Crippen LogP contribution in [0.1, 0.15) is 5.56 Å². The van der Waals surface area contributed by atoms with Crippen molar-refractivity contribution in [3.63, 3.8) is 0 Å². The molecule has 7 heteroatoms. The van der Waals surface area contributed by atoms with Gasteiger partial charge in [0.2, 0.25) is 0 Å². The molecule has 0 fully saturated rings. The fraction of sp³-hybridized carbons (Fsp3) is 0. The van der Waals surface area contributed by atoms with E-state index in [1.165, 1.54) is 0 Å². The van der Waals surface area contributed by atoms with Crippen molar-refractivity contribution in [3.05, 3.63) is 56.5 Å². The summed E-state index contributed by atoms with van der Waals surface area (Å²) in [5.41, 5.74) is 6.07. The molecule has 0 aromatic heterocycles. The lowest BCUT2D eigenvalue weighted by atomic mass is 10.2. The van der Waals surface area contributed by atoms with Gasteiger partial charge in [0.25, 0.3) is 0 Å². The zero-order valence-corrected chi connectivity index (χ0v) is 13.1. The zero-order valence-electron chi connectivity index (χ0n) is 9.98. The second-order valence-corrected chi connectivity index (χ2v) is 5.47. The molecular formula is C13H9BrCl2N2O2. The summed E-state index contributed by atoms with van der Waals surface area (Å²) < 4.78 is 6.33. The number of hydrogen-bond acceptors (Lipinski definition) is 3. The van der Waals surface area contributed by atoms with Gasteiger partial charge in [-0.05, 0) is 40.2 Å². The molecule has 0 radical (unpaired) electrons. The summed E-state index contributed by atoms with van der Waals surface area (Å²) in [6, 6.07) is 10.0. The SMILES string of the molecule is N/C(=N/O)c1c(Br)cccc1Oc1cc(Cl)ccc1Cl. The third kappa shape index (κ3) is 3.17. The Hall–Kier alpha value is -1.43. The Morgan fingerprint density at radius 3 is 2.65 bits per heavy atom. The highest BCUT2D eigenvalue weighted by atomic mass is 79.9. The van der Waals surface area contributed by atoms with Gasteiger partial charge in [-0.2, -0.15) is 0 Å². The van der Waals surface area contributed by atoms with Crippen molar-refractivity contribution >= 4 is 45.0 Å². The van der Waals surface area contributed by atoms with Crippen LogP contribution in [0.25, 0.3) is 0 Å². The monoisotopic (exact) mass is 374 g/mol. The van der Waals surface area contributed by atoms with E-state index in [1.54, 1.807) is 36.4 Å². The number of halogens is 3. The molecule has 4 nitrogen and oxygen atoms in total. The number of benzene rings is 2. The third-order valence-corrected chi connectivity index (χ3v) is 3.66. The number of nitrogens with zero attached hydrogens (tertiary/aromatic N) is 1. The molecule has 0 heterocycles. The van der Waals surface area contributed by atoms with E-state index in [-0.39, 0.29) is 5.84 Å². The van der Waals surface area contributed by atoms with Crippen molar-refractivity contribution in [3.8, 4) is 11.5 Å². The molecule has 0 aliphatic carbocycles. The van der Waals surface area contributed by atoms with Crippen LogP contribution >= 0.6 is 39.1 Å². The molecule has 0 saturated carbocycles. The zero-order chi connectivity index (χ0) is 14.7. The molecule has 104 valence electrons. The second kappa shape index (κ2) is 6.35. The van der Waals surface area contributed by atoms with Crippen LogP contribution in [-0.4, -0.2) is 11.0 Å². The van der Waals surface area contributed by atoms with Gasteiger partial charge < -0.3 is 15.7 Å². The first-order chi connectivity index (χ1) is 9.52. The van der Waals surface area contributed by atoms with Crippen molar-refractivity contribution in [1.82, 2.24) is 0 Å². The van der Waals surface area contributed by atoms with Crippen LogP contribution < -0.4 is 10.5 Å². The number of rotatable bonds is 3. The summed E-state index contributed by atoms with van der Waals surface area (Å²) in [7, 11) is 0. The van der Waals surface area contributed by atoms with Gasteiger partial charge in [-0.15, -0.1) is 0 Å². The Kier molecular flexibility index (Phi) is 4.75. The van der Waals surface area contributed by atoms with E-state index in [4.69, 9.17) is 38.9 Å². The van der Waals surface area contributed by atoms with Crippen LogP contribution in [0.15, 0.2) is 46.0 Å². The largest absolute Gasteiger partial charge is 0.455 e. The molecule has 0 unspecified atom stereocenters. The Labute approximate surface area is 133 Å². The average molecular weight is 376 g/mol. The van der Waals surface area contributed by atoms with Gasteiger partial charge in [0.05, 0.1) is 10.6 Å². The molecule has 0 saturated heterocycles. The second-order valence-electron chi connectivity index (χ2n) is 3.78.